The van der Waals surface area contributed by atoms with Gasteiger partial charge in [0.05, 0.1) is 17.8 Å². The molecule has 0 spiro atoms. The molecule has 2 heterocycles. The van der Waals surface area contributed by atoms with E-state index in [2.05, 4.69) is 80.3 Å². The lowest BCUT2D eigenvalue weighted by Gasteiger charge is -2.04. The molecule has 0 fully saturated rings. The van der Waals surface area contributed by atoms with E-state index in [1.807, 2.05) is 11.7 Å². The van der Waals surface area contributed by atoms with Crippen molar-refractivity contribution < 1.29 is 0 Å². The van der Waals surface area contributed by atoms with Gasteiger partial charge >= 0.3 is 0 Å². The van der Waals surface area contributed by atoms with Gasteiger partial charge in [-0.3, -0.25) is 4.68 Å². The van der Waals surface area contributed by atoms with Crippen LogP contribution in [0.2, 0.25) is 0 Å². The molecule has 0 saturated carbocycles. The summed E-state index contributed by atoms with van der Waals surface area (Å²) in [6.45, 7) is 0.779. The highest BCUT2D eigenvalue weighted by Gasteiger charge is 2.10. The van der Waals surface area contributed by atoms with Gasteiger partial charge in [0.1, 0.15) is 0 Å². The number of aryl methyl sites for hydroxylation is 1. The van der Waals surface area contributed by atoms with Crippen LogP contribution in [0.4, 0.5) is 0 Å². The molecular formula is C17H14BrN3. The molecule has 0 aliphatic carbocycles. The Kier molecular flexibility index (Phi) is 2.86. The summed E-state index contributed by atoms with van der Waals surface area (Å²) >= 11 is 3.55. The molecule has 2 aromatic heterocycles. The molecule has 0 aliphatic rings. The molecular weight excluding hydrogens is 326 g/mol. The van der Waals surface area contributed by atoms with Crippen molar-refractivity contribution in [3.8, 4) is 0 Å². The minimum atomic E-state index is 0.779. The monoisotopic (exact) mass is 339 g/mol. The van der Waals surface area contributed by atoms with Crippen molar-refractivity contribution in [2.24, 2.45) is 7.05 Å². The lowest BCUT2D eigenvalue weighted by Crippen LogP contribution is -2.00. The quantitative estimate of drug-likeness (QED) is 0.532. The Balaban J connectivity index is 1.85. The predicted molar refractivity (Wildman–Crippen MR) is 89.5 cm³/mol. The zero-order chi connectivity index (χ0) is 14.4. The third kappa shape index (κ3) is 2.07. The molecule has 0 unspecified atom stereocenters. The molecule has 2 aromatic carbocycles. The Hall–Kier alpha value is -2.07. The number of aromatic nitrogens is 3. The standard InChI is InChI=1S/C17H14BrN3/c1-20-16-5-3-2-4-14(16)15(19-20)11-21-9-8-12-6-7-13(18)10-17(12)21/h2-10H,11H2,1H3. The minimum absolute atomic E-state index is 0.779. The van der Waals surface area contributed by atoms with E-state index in [1.54, 1.807) is 0 Å². The summed E-state index contributed by atoms with van der Waals surface area (Å²) in [5.74, 6) is 0. The van der Waals surface area contributed by atoms with Gasteiger partial charge in [-0.25, -0.2) is 0 Å². The van der Waals surface area contributed by atoms with Crippen LogP contribution in [0.1, 0.15) is 5.69 Å². The Morgan fingerprint density at radius 3 is 2.81 bits per heavy atom. The molecule has 0 saturated heterocycles. The number of nitrogens with zero attached hydrogens (tertiary/aromatic N) is 3. The van der Waals surface area contributed by atoms with E-state index < -0.39 is 0 Å². The topological polar surface area (TPSA) is 22.8 Å². The first kappa shape index (κ1) is 12.7. The van der Waals surface area contributed by atoms with E-state index >= 15 is 0 Å². The lowest BCUT2D eigenvalue weighted by atomic mass is 10.2. The fourth-order valence-corrected chi connectivity index (χ4v) is 3.21. The second-order valence-electron chi connectivity index (χ2n) is 5.23. The highest BCUT2D eigenvalue weighted by molar-refractivity contribution is 9.10. The van der Waals surface area contributed by atoms with Crippen LogP contribution in [0, 0.1) is 0 Å². The molecule has 0 N–H and O–H groups in total. The average molecular weight is 340 g/mol. The fraction of sp³-hybridized carbons (Fsp3) is 0.118. The number of halogens is 1. The average Bonchev–Trinajstić information content (AvgIpc) is 3.02. The largest absolute Gasteiger partial charge is 0.341 e. The molecule has 4 heteroatoms. The van der Waals surface area contributed by atoms with Gasteiger partial charge in [0.25, 0.3) is 0 Å². The number of fused-ring (bicyclic) bond motifs is 2. The van der Waals surface area contributed by atoms with Crippen LogP contribution < -0.4 is 0 Å². The Bertz CT molecular complexity index is 949. The van der Waals surface area contributed by atoms with Crippen molar-refractivity contribution in [3.63, 3.8) is 0 Å². The molecule has 0 aliphatic heterocycles. The van der Waals surface area contributed by atoms with E-state index in [4.69, 9.17) is 0 Å². The second-order valence-corrected chi connectivity index (χ2v) is 6.15. The maximum atomic E-state index is 4.68. The zero-order valence-corrected chi connectivity index (χ0v) is 13.2. The van der Waals surface area contributed by atoms with Crippen molar-refractivity contribution in [2.75, 3.05) is 0 Å². The maximum absolute atomic E-state index is 4.68. The van der Waals surface area contributed by atoms with Gasteiger partial charge in [-0.1, -0.05) is 40.2 Å². The highest BCUT2D eigenvalue weighted by atomic mass is 79.9. The van der Waals surface area contributed by atoms with Crippen LogP contribution in [0.3, 0.4) is 0 Å². The van der Waals surface area contributed by atoms with Gasteiger partial charge in [0, 0.05) is 28.6 Å². The smallest absolute Gasteiger partial charge is 0.0900 e. The van der Waals surface area contributed by atoms with Crippen molar-refractivity contribution in [2.45, 2.75) is 6.54 Å². The first-order valence-electron chi connectivity index (χ1n) is 6.87. The van der Waals surface area contributed by atoms with E-state index in [-0.39, 0.29) is 0 Å². The molecule has 4 rings (SSSR count). The minimum Gasteiger partial charge on any atom is -0.341 e. The van der Waals surface area contributed by atoms with Gasteiger partial charge in [0.2, 0.25) is 0 Å². The molecule has 0 radical (unpaired) electrons. The molecule has 104 valence electrons. The number of hydrogen-bond acceptors (Lipinski definition) is 1. The number of benzene rings is 2. The van der Waals surface area contributed by atoms with Crippen LogP contribution in [-0.4, -0.2) is 14.3 Å². The van der Waals surface area contributed by atoms with E-state index in [0.29, 0.717) is 0 Å². The van der Waals surface area contributed by atoms with Crippen molar-refractivity contribution in [3.05, 3.63) is 64.9 Å². The Morgan fingerprint density at radius 1 is 1.05 bits per heavy atom. The molecule has 21 heavy (non-hydrogen) atoms. The molecule has 4 aromatic rings. The van der Waals surface area contributed by atoms with Gasteiger partial charge < -0.3 is 4.57 Å². The molecule has 3 nitrogen and oxygen atoms in total. The number of hydrogen-bond donors (Lipinski definition) is 0. The van der Waals surface area contributed by atoms with E-state index in [0.717, 1.165) is 16.7 Å². The summed E-state index contributed by atoms with van der Waals surface area (Å²) in [6, 6.07) is 16.9. The van der Waals surface area contributed by atoms with E-state index in [1.165, 1.54) is 21.8 Å². The second kappa shape index (κ2) is 4.74. The SMILES string of the molecule is Cn1nc(Cn2ccc3ccc(Br)cc32)c2ccccc21. The fourth-order valence-electron chi connectivity index (χ4n) is 2.86. The van der Waals surface area contributed by atoms with Crippen LogP contribution in [-0.2, 0) is 13.6 Å². The summed E-state index contributed by atoms with van der Waals surface area (Å²) in [6.07, 6.45) is 2.13. The third-order valence-electron chi connectivity index (χ3n) is 3.89. The van der Waals surface area contributed by atoms with Crippen LogP contribution in [0.25, 0.3) is 21.8 Å². The van der Waals surface area contributed by atoms with Gasteiger partial charge in [0.15, 0.2) is 0 Å². The molecule has 0 atom stereocenters. The zero-order valence-electron chi connectivity index (χ0n) is 11.6. The van der Waals surface area contributed by atoms with E-state index in [9.17, 15) is 0 Å². The van der Waals surface area contributed by atoms with Gasteiger partial charge in [-0.05, 0) is 29.7 Å². The van der Waals surface area contributed by atoms with Crippen molar-refractivity contribution in [1.82, 2.24) is 14.3 Å². The molecule has 0 bridgehead atoms. The van der Waals surface area contributed by atoms with Crippen LogP contribution >= 0.6 is 15.9 Å². The highest BCUT2D eigenvalue weighted by Crippen LogP contribution is 2.24. The normalized spacial score (nSPS) is 11.5. The summed E-state index contributed by atoms with van der Waals surface area (Å²) in [5, 5.41) is 7.15. The first-order valence-corrected chi connectivity index (χ1v) is 7.67. The summed E-state index contributed by atoms with van der Waals surface area (Å²) < 4.78 is 5.29. The van der Waals surface area contributed by atoms with Crippen LogP contribution in [0.15, 0.2) is 59.2 Å². The van der Waals surface area contributed by atoms with Crippen molar-refractivity contribution in [1.29, 1.82) is 0 Å². The maximum Gasteiger partial charge on any atom is 0.0900 e. The first-order chi connectivity index (χ1) is 10.2. The van der Waals surface area contributed by atoms with Gasteiger partial charge in [-0.15, -0.1) is 0 Å². The lowest BCUT2D eigenvalue weighted by molar-refractivity contribution is 0.732. The number of rotatable bonds is 2. The predicted octanol–water partition coefficient (Wildman–Crippen LogP) is 4.34. The molecule has 0 amide bonds. The van der Waals surface area contributed by atoms with Crippen LogP contribution in [0.5, 0.6) is 0 Å². The summed E-state index contributed by atoms with van der Waals surface area (Å²) in [4.78, 5) is 0. The Labute approximate surface area is 130 Å². The third-order valence-corrected chi connectivity index (χ3v) is 4.38. The van der Waals surface area contributed by atoms with Gasteiger partial charge in [-0.2, -0.15) is 5.10 Å². The Morgan fingerprint density at radius 2 is 1.90 bits per heavy atom. The van der Waals surface area contributed by atoms with Crippen molar-refractivity contribution >= 4 is 37.7 Å². The number of para-hydroxylation sites is 1. The summed E-state index contributed by atoms with van der Waals surface area (Å²) in [7, 11) is 2.00. The summed E-state index contributed by atoms with van der Waals surface area (Å²) in [5.41, 5.74) is 3.50.